The average molecular weight is 495 g/mol. The number of carbonyl (C=O) groups is 1. The summed E-state index contributed by atoms with van der Waals surface area (Å²) in [5.41, 5.74) is 0.626. The molecule has 0 aliphatic heterocycles. The molecule has 9 heteroatoms. The standard InChI is InChI=1S/C24H25Cl2FN2O4/c25-15-1-8-22-14(9-15)10-23(33-22)24(31)29-17-4-2-16(3-5-17)28-12-18(30)13-32-19-6-7-20(26)21(27)11-19/h1,6-11,16-18,28,30H,2-5,12-13H2,(H,29,31)/t16-,17-,18-/m1/s1. The number of aliphatic hydroxyl groups excluding tert-OH is 1. The van der Waals surface area contributed by atoms with E-state index in [0.29, 0.717) is 22.9 Å². The number of hydrogen-bond acceptors (Lipinski definition) is 5. The van der Waals surface area contributed by atoms with Gasteiger partial charge in [0.05, 0.1) is 5.02 Å². The molecular formula is C24H25Cl2FN2O4. The number of amides is 1. The second-order valence-corrected chi connectivity index (χ2v) is 9.11. The Bertz CT molecular complexity index is 1120. The van der Waals surface area contributed by atoms with E-state index in [2.05, 4.69) is 10.6 Å². The third-order valence-electron chi connectivity index (χ3n) is 5.74. The first-order valence-electron chi connectivity index (χ1n) is 10.9. The molecule has 1 saturated carbocycles. The summed E-state index contributed by atoms with van der Waals surface area (Å²) >= 11 is 11.6. The lowest BCUT2D eigenvalue weighted by molar-refractivity contribution is 0.0890. The van der Waals surface area contributed by atoms with Crippen molar-refractivity contribution in [1.82, 2.24) is 10.6 Å². The zero-order valence-electron chi connectivity index (χ0n) is 17.8. The van der Waals surface area contributed by atoms with Gasteiger partial charge in [0.25, 0.3) is 5.91 Å². The number of rotatable bonds is 8. The van der Waals surface area contributed by atoms with Crippen molar-refractivity contribution in [2.45, 2.75) is 43.9 Å². The Morgan fingerprint density at radius 2 is 1.88 bits per heavy atom. The summed E-state index contributed by atoms with van der Waals surface area (Å²) in [6.07, 6.45) is 2.66. The van der Waals surface area contributed by atoms with Crippen LogP contribution in [0.25, 0.3) is 11.0 Å². The van der Waals surface area contributed by atoms with Crippen LogP contribution in [0.15, 0.2) is 46.9 Å². The topological polar surface area (TPSA) is 83.7 Å². The van der Waals surface area contributed by atoms with Crippen LogP contribution in [0.5, 0.6) is 5.75 Å². The summed E-state index contributed by atoms with van der Waals surface area (Å²) in [7, 11) is 0. The van der Waals surface area contributed by atoms with E-state index < -0.39 is 11.9 Å². The Morgan fingerprint density at radius 3 is 2.64 bits per heavy atom. The third kappa shape index (κ3) is 6.38. The molecule has 1 aliphatic rings. The van der Waals surface area contributed by atoms with Crippen molar-refractivity contribution in [3.8, 4) is 5.75 Å². The monoisotopic (exact) mass is 494 g/mol. The number of aliphatic hydroxyl groups is 1. The molecule has 1 amide bonds. The highest BCUT2D eigenvalue weighted by Crippen LogP contribution is 2.24. The lowest BCUT2D eigenvalue weighted by atomic mass is 9.91. The number of nitrogens with one attached hydrogen (secondary N) is 2. The highest BCUT2D eigenvalue weighted by atomic mass is 35.5. The van der Waals surface area contributed by atoms with Crippen LogP contribution in [0.1, 0.15) is 36.2 Å². The Hall–Kier alpha value is -2.32. The fourth-order valence-electron chi connectivity index (χ4n) is 3.95. The summed E-state index contributed by atoms with van der Waals surface area (Å²) in [6.45, 7) is 0.404. The molecule has 2 aromatic carbocycles. The molecule has 3 N–H and O–H groups in total. The second-order valence-electron chi connectivity index (χ2n) is 8.26. The van der Waals surface area contributed by atoms with Gasteiger partial charge in [-0.05, 0) is 62.1 Å². The first kappa shape index (κ1) is 23.8. The van der Waals surface area contributed by atoms with Crippen LogP contribution in [0.3, 0.4) is 0 Å². The number of furan rings is 1. The largest absolute Gasteiger partial charge is 0.491 e. The van der Waals surface area contributed by atoms with Crippen molar-refractivity contribution in [3.63, 3.8) is 0 Å². The molecular weight excluding hydrogens is 470 g/mol. The Morgan fingerprint density at radius 1 is 1.12 bits per heavy atom. The normalized spacial score (nSPS) is 19.4. The molecule has 0 unspecified atom stereocenters. The number of carbonyl (C=O) groups excluding carboxylic acids is 1. The van der Waals surface area contributed by atoms with Crippen LogP contribution in [0.2, 0.25) is 10.0 Å². The molecule has 1 fully saturated rings. The molecule has 1 heterocycles. The van der Waals surface area contributed by atoms with Gasteiger partial charge in [0.15, 0.2) is 5.76 Å². The number of ether oxygens (including phenoxy) is 1. The van der Waals surface area contributed by atoms with Crippen molar-refractivity contribution < 1.29 is 23.4 Å². The van der Waals surface area contributed by atoms with Gasteiger partial charge in [-0.15, -0.1) is 0 Å². The van der Waals surface area contributed by atoms with Crippen LogP contribution in [0.4, 0.5) is 4.39 Å². The fraction of sp³-hybridized carbons (Fsp3) is 0.375. The summed E-state index contributed by atoms with van der Waals surface area (Å²) in [5.74, 6) is -0.198. The van der Waals surface area contributed by atoms with E-state index in [-0.39, 0.29) is 35.4 Å². The Labute approximate surface area is 201 Å². The molecule has 33 heavy (non-hydrogen) atoms. The van der Waals surface area contributed by atoms with Gasteiger partial charge in [-0.1, -0.05) is 23.2 Å². The molecule has 1 aromatic heterocycles. The maximum Gasteiger partial charge on any atom is 0.287 e. The number of fused-ring (bicyclic) bond motifs is 1. The van der Waals surface area contributed by atoms with Crippen molar-refractivity contribution >= 4 is 40.1 Å². The molecule has 176 valence electrons. The van der Waals surface area contributed by atoms with E-state index in [4.69, 9.17) is 32.4 Å². The minimum absolute atomic E-state index is 0.0267. The maximum atomic E-state index is 13.4. The van der Waals surface area contributed by atoms with Gasteiger partial charge in [-0.2, -0.15) is 0 Å². The van der Waals surface area contributed by atoms with Crippen LogP contribution < -0.4 is 15.4 Å². The molecule has 3 aromatic rings. The van der Waals surface area contributed by atoms with Crippen molar-refractivity contribution in [2.75, 3.05) is 13.2 Å². The summed E-state index contributed by atoms with van der Waals surface area (Å²) in [5, 5.41) is 18.0. The highest BCUT2D eigenvalue weighted by Gasteiger charge is 2.24. The number of hydrogen-bond donors (Lipinski definition) is 3. The zero-order chi connectivity index (χ0) is 23.4. The summed E-state index contributed by atoms with van der Waals surface area (Å²) in [6, 6.07) is 11.4. The average Bonchev–Trinajstić information content (AvgIpc) is 3.23. The van der Waals surface area contributed by atoms with E-state index in [1.807, 2.05) is 0 Å². The fourth-order valence-corrected chi connectivity index (χ4v) is 4.24. The van der Waals surface area contributed by atoms with Crippen molar-refractivity contribution in [1.29, 1.82) is 0 Å². The van der Waals surface area contributed by atoms with E-state index in [1.54, 1.807) is 30.3 Å². The third-order valence-corrected chi connectivity index (χ3v) is 6.28. The molecule has 0 saturated heterocycles. The number of benzene rings is 2. The SMILES string of the molecule is O=C(N[C@H]1CC[C@H](NC[C@@H](O)COc2ccc(Cl)c(F)c2)CC1)c1cc2cc(Cl)ccc2o1. The van der Waals surface area contributed by atoms with Gasteiger partial charge < -0.3 is 24.9 Å². The lowest BCUT2D eigenvalue weighted by Gasteiger charge is -2.30. The van der Waals surface area contributed by atoms with Crippen LogP contribution in [-0.2, 0) is 0 Å². The summed E-state index contributed by atoms with van der Waals surface area (Å²) < 4.78 is 24.5. The lowest BCUT2D eigenvalue weighted by Crippen LogP contribution is -2.44. The van der Waals surface area contributed by atoms with Crippen molar-refractivity contribution in [3.05, 3.63) is 64.1 Å². The van der Waals surface area contributed by atoms with Gasteiger partial charge in [-0.25, -0.2) is 4.39 Å². The predicted octanol–water partition coefficient (Wildman–Crippen LogP) is 4.95. The Balaban J connectivity index is 1.17. The highest BCUT2D eigenvalue weighted by molar-refractivity contribution is 6.31. The molecule has 6 nitrogen and oxygen atoms in total. The van der Waals surface area contributed by atoms with Gasteiger partial charge in [-0.3, -0.25) is 4.79 Å². The molecule has 4 rings (SSSR count). The molecule has 0 bridgehead atoms. The van der Waals surface area contributed by atoms with Crippen molar-refractivity contribution in [2.24, 2.45) is 0 Å². The van der Waals surface area contributed by atoms with Crippen LogP contribution >= 0.6 is 23.2 Å². The molecule has 1 atom stereocenters. The Kier molecular flexibility index (Phi) is 7.75. The van der Waals surface area contributed by atoms with E-state index in [9.17, 15) is 14.3 Å². The van der Waals surface area contributed by atoms with E-state index >= 15 is 0 Å². The zero-order valence-corrected chi connectivity index (χ0v) is 19.3. The van der Waals surface area contributed by atoms with E-state index in [1.165, 1.54) is 12.1 Å². The predicted molar refractivity (Wildman–Crippen MR) is 126 cm³/mol. The smallest absolute Gasteiger partial charge is 0.287 e. The van der Waals surface area contributed by atoms with Gasteiger partial charge in [0.2, 0.25) is 0 Å². The molecule has 1 aliphatic carbocycles. The molecule has 0 spiro atoms. The molecule has 0 radical (unpaired) electrons. The van der Waals surface area contributed by atoms with Gasteiger partial charge in [0.1, 0.15) is 29.9 Å². The van der Waals surface area contributed by atoms with Gasteiger partial charge >= 0.3 is 0 Å². The minimum atomic E-state index is -0.734. The van der Waals surface area contributed by atoms with E-state index in [0.717, 1.165) is 31.1 Å². The first-order valence-corrected chi connectivity index (χ1v) is 11.6. The minimum Gasteiger partial charge on any atom is -0.491 e. The van der Waals surface area contributed by atoms with Crippen LogP contribution in [-0.4, -0.2) is 42.4 Å². The van der Waals surface area contributed by atoms with Gasteiger partial charge in [0, 0.05) is 35.1 Å². The quantitative estimate of drug-likeness (QED) is 0.412. The second kappa shape index (κ2) is 10.7. The number of halogens is 3. The van der Waals surface area contributed by atoms with Crippen LogP contribution in [0, 0.1) is 5.82 Å². The summed E-state index contributed by atoms with van der Waals surface area (Å²) in [4.78, 5) is 12.6. The first-order chi connectivity index (χ1) is 15.9. The maximum absolute atomic E-state index is 13.4.